The van der Waals surface area contributed by atoms with E-state index in [0.717, 1.165) is 4.47 Å². The van der Waals surface area contributed by atoms with Crippen LogP contribution in [0.3, 0.4) is 0 Å². The van der Waals surface area contributed by atoms with E-state index >= 15 is 0 Å². The Morgan fingerprint density at radius 1 is 1.23 bits per heavy atom. The number of ether oxygens (including phenoxy) is 1. The smallest absolute Gasteiger partial charge is 0.261 e. The van der Waals surface area contributed by atoms with Crippen molar-refractivity contribution in [3.8, 4) is 0 Å². The summed E-state index contributed by atoms with van der Waals surface area (Å²) < 4.78 is 33.2. The predicted molar refractivity (Wildman–Crippen MR) is 94.7 cm³/mol. The fraction of sp³-hybridized carbons (Fsp3) is 0.133. The molecule has 7 heteroatoms. The molecule has 0 amide bonds. The molecule has 0 saturated carbocycles. The lowest BCUT2D eigenvalue weighted by atomic mass is 10.2. The van der Waals surface area contributed by atoms with Crippen molar-refractivity contribution >= 4 is 48.9 Å². The second-order valence-electron chi connectivity index (χ2n) is 4.36. The summed E-state index contributed by atoms with van der Waals surface area (Å²) in [7, 11) is -3.64. The first-order valence-corrected chi connectivity index (χ1v) is 9.16. The van der Waals surface area contributed by atoms with Crippen LogP contribution in [0.15, 0.2) is 57.9 Å². The van der Waals surface area contributed by atoms with E-state index in [2.05, 4.69) is 20.7 Å². The second kappa shape index (κ2) is 7.21. The topological polar surface area (TPSA) is 55.4 Å². The van der Waals surface area contributed by atoms with Crippen molar-refractivity contribution in [1.82, 2.24) is 0 Å². The third-order valence-corrected chi connectivity index (χ3v) is 5.00. The first kappa shape index (κ1) is 16.9. The predicted octanol–water partition coefficient (Wildman–Crippen LogP) is 3.96. The molecule has 116 valence electrons. The van der Waals surface area contributed by atoms with Crippen molar-refractivity contribution < 1.29 is 13.2 Å². The van der Waals surface area contributed by atoms with Crippen LogP contribution in [0, 0.1) is 0 Å². The first-order valence-electron chi connectivity index (χ1n) is 6.48. The van der Waals surface area contributed by atoms with Gasteiger partial charge in [-0.2, -0.15) is 0 Å². The Balaban J connectivity index is 2.21. The van der Waals surface area contributed by atoms with Crippen LogP contribution in [0.5, 0.6) is 0 Å². The standard InChI is InChI=1S/C15H14BrNO3S2/c1-2-20-15(21)11-6-8-14(9-7-11)22(18,19)17-13-5-3-4-12(16)10-13/h3-10,17H,2H2,1H3. The summed E-state index contributed by atoms with van der Waals surface area (Å²) in [6, 6.07) is 13.2. The van der Waals surface area contributed by atoms with Gasteiger partial charge in [0.15, 0.2) is 5.05 Å². The SMILES string of the molecule is CCOC(=S)c1ccc(S(=O)(=O)Nc2cccc(Br)c2)cc1. The van der Waals surface area contributed by atoms with Gasteiger partial charge in [0, 0.05) is 15.7 Å². The molecule has 0 aromatic heterocycles. The molecule has 4 nitrogen and oxygen atoms in total. The molecule has 0 saturated heterocycles. The molecule has 0 aliphatic rings. The van der Waals surface area contributed by atoms with Gasteiger partial charge in [0.05, 0.1) is 11.5 Å². The highest BCUT2D eigenvalue weighted by Crippen LogP contribution is 2.20. The van der Waals surface area contributed by atoms with Gasteiger partial charge in [-0.15, -0.1) is 0 Å². The minimum atomic E-state index is -3.64. The molecule has 0 bridgehead atoms. The minimum absolute atomic E-state index is 0.163. The van der Waals surface area contributed by atoms with Gasteiger partial charge in [0.25, 0.3) is 10.0 Å². The monoisotopic (exact) mass is 399 g/mol. The second-order valence-corrected chi connectivity index (χ2v) is 7.33. The Bertz CT molecular complexity index is 774. The number of anilines is 1. The van der Waals surface area contributed by atoms with Gasteiger partial charge in [-0.1, -0.05) is 22.0 Å². The molecule has 2 rings (SSSR count). The zero-order chi connectivity index (χ0) is 16.2. The van der Waals surface area contributed by atoms with E-state index in [1.807, 2.05) is 13.0 Å². The van der Waals surface area contributed by atoms with E-state index < -0.39 is 10.0 Å². The summed E-state index contributed by atoms with van der Waals surface area (Å²) in [4.78, 5) is 0.163. The number of halogens is 1. The molecule has 0 unspecified atom stereocenters. The molecule has 0 spiro atoms. The molecule has 0 aliphatic carbocycles. The molecule has 0 atom stereocenters. The Morgan fingerprint density at radius 2 is 1.91 bits per heavy atom. The highest BCUT2D eigenvalue weighted by Gasteiger charge is 2.14. The van der Waals surface area contributed by atoms with Crippen LogP contribution >= 0.6 is 28.1 Å². The van der Waals surface area contributed by atoms with Crippen molar-refractivity contribution in [3.63, 3.8) is 0 Å². The Morgan fingerprint density at radius 3 is 2.50 bits per heavy atom. The Labute approximate surface area is 143 Å². The highest BCUT2D eigenvalue weighted by molar-refractivity contribution is 9.10. The fourth-order valence-electron chi connectivity index (χ4n) is 1.75. The lowest BCUT2D eigenvalue weighted by Crippen LogP contribution is -2.13. The summed E-state index contributed by atoms with van der Waals surface area (Å²) in [5.74, 6) is 0. The van der Waals surface area contributed by atoms with Crippen LogP contribution in [0.4, 0.5) is 5.69 Å². The number of hydrogen-bond donors (Lipinski definition) is 1. The van der Waals surface area contributed by atoms with E-state index in [-0.39, 0.29) is 4.90 Å². The molecule has 22 heavy (non-hydrogen) atoms. The van der Waals surface area contributed by atoms with Crippen molar-refractivity contribution in [2.24, 2.45) is 0 Å². The van der Waals surface area contributed by atoms with Crippen molar-refractivity contribution in [1.29, 1.82) is 0 Å². The van der Waals surface area contributed by atoms with Gasteiger partial charge in [0.1, 0.15) is 0 Å². The molecular formula is C15H14BrNO3S2. The van der Waals surface area contributed by atoms with Crippen LogP contribution in [0.1, 0.15) is 12.5 Å². The van der Waals surface area contributed by atoms with Gasteiger partial charge in [-0.25, -0.2) is 8.42 Å². The molecule has 0 fully saturated rings. The van der Waals surface area contributed by atoms with Gasteiger partial charge in [-0.3, -0.25) is 4.72 Å². The maximum absolute atomic E-state index is 12.3. The van der Waals surface area contributed by atoms with Gasteiger partial charge in [0.2, 0.25) is 0 Å². The van der Waals surface area contributed by atoms with Crippen molar-refractivity contribution in [2.75, 3.05) is 11.3 Å². The number of thiocarbonyl (C=S) groups is 1. The first-order chi connectivity index (χ1) is 10.4. The molecule has 0 radical (unpaired) electrons. The average molecular weight is 400 g/mol. The van der Waals surface area contributed by atoms with E-state index in [4.69, 9.17) is 17.0 Å². The molecule has 2 aromatic rings. The molecule has 2 aromatic carbocycles. The molecular weight excluding hydrogens is 386 g/mol. The number of hydrogen-bond acceptors (Lipinski definition) is 4. The van der Waals surface area contributed by atoms with Gasteiger partial charge < -0.3 is 4.74 Å². The molecule has 1 N–H and O–H groups in total. The van der Waals surface area contributed by atoms with Crippen molar-refractivity contribution in [3.05, 3.63) is 58.6 Å². The summed E-state index contributed by atoms with van der Waals surface area (Å²) in [6.45, 7) is 2.32. The van der Waals surface area contributed by atoms with E-state index in [1.54, 1.807) is 30.3 Å². The zero-order valence-corrected chi connectivity index (χ0v) is 15.0. The largest absolute Gasteiger partial charge is 0.483 e. The zero-order valence-electron chi connectivity index (χ0n) is 11.7. The van der Waals surface area contributed by atoms with Gasteiger partial charge in [-0.05, 0) is 61.6 Å². The number of benzene rings is 2. The highest BCUT2D eigenvalue weighted by atomic mass is 79.9. The lowest BCUT2D eigenvalue weighted by molar-refractivity contribution is 0.337. The average Bonchev–Trinajstić information content (AvgIpc) is 2.47. The summed E-state index contributed by atoms with van der Waals surface area (Å²) in [5, 5.41) is 0.353. The normalized spacial score (nSPS) is 11.0. The van der Waals surface area contributed by atoms with E-state index in [1.165, 1.54) is 12.1 Å². The summed E-state index contributed by atoms with van der Waals surface area (Å²) in [6.07, 6.45) is 0. The fourth-order valence-corrected chi connectivity index (χ4v) is 3.45. The van der Waals surface area contributed by atoms with Crippen LogP contribution in [0.25, 0.3) is 0 Å². The van der Waals surface area contributed by atoms with E-state index in [0.29, 0.717) is 22.9 Å². The number of sulfonamides is 1. The maximum atomic E-state index is 12.3. The van der Waals surface area contributed by atoms with Crippen LogP contribution in [-0.2, 0) is 14.8 Å². The summed E-state index contributed by atoms with van der Waals surface area (Å²) in [5.41, 5.74) is 1.17. The van der Waals surface area contributed by atoms with E-state index in [9.17, 15) is 8.42 Å². The van der Waals surface area contributed by atoms with Crippen LogP contribution in [-0.4, -0.2) is 20.1 Å². The lowest BCUT2D eigenvalue weighted by Gasteiger charge is -2.09. The third-order valence-electron chi connectivity index (χ3n) is 2.75. The quantitative estimate of drug-likeness (QED) is 0.772. The van der Waals surface area contributed by atoms with Crippen LogP contribution in [0.2, 0.25) is 0 Å². The minimum Gasteiger partial charge on any atom is -0.483 e. The summed E-state index contributed by atoms with van der Waals surface area (Å²) >= 11 is 8.39. The van der Waals surface area contributed by atoms with Crippen molar-refractivity contribution in [2.45, 2.75) is 11.8 Å². The molecule has 0 aliphatic heterocycles. The Kier molecular flexibility index (Phi) is 5.55. The maximum Gasteiger partial charge on any atom is 0.261 e. The van der Waals surface area contributed by atoms with Crippen LogP contribution < -0.4 is 4.72 Å². The Hall–Kier alpha value is -1.44. The number of rotatable bonds is 5. The third kappa shape index (κ3) is 4.28. The van der Waals surface area contributed by atoms with Gasteiger partial charge >= 0.3 is 0 Å². The molecule has 0 heterocycles. The number of nitrogens with one attached hydrogen (secondary N) is 1.